The average molecular weight is 256 g/mol. The van der Waals surface area contributed by atoms with Gasteiger partial charge in [0.1, 0.15) is 6.17 Å². The van der Waals surface area contributed by atoms with Gasteiger partial charge in [-0.25, -0.2) is 4.39 Å². The number of rotatable bonds is 3. The van der Waals surface area contributed by atoms with Crippen LogP contribution in [0.1, 0.15) is 23.7 Å². The van der Waals surface area contributed by atoms with Crippen LogP contribution in [0, 0.1) is 0 Å². The Hall–Kier alpha value is -0.810. The second-order valence-electron chi connectivity index (χ2n) is 3.27. The molecule has 0 aliphatic heterocycles. The summed E-state index contributed by atoms with van der Waals surface area (Å²) >= 11 is 5.46. The van der Waals surface area contributed by atoms with Crippen LogP contribution >= 0.6 is 11.6 Å². The highest BCUT2D eigenvalue weighted by atomic mass is 35.5. The Morgan fingerprint density at radius 1 is 1.31 bits per heavy atom. The molecule has 0 fully saturated rings. The highest BCUT2D eigenvalue weighted by Crippen LogP contribution is 2.38. The van der Waals surface area contributed by atoms with Crippen molar-refractivity contribution in [2.24, 2.45) is 5.73 Å². The largest absolute Gasteiger partial charge is 0.416 e. The van der Waals surface area contributed by atoms with E-state index in [1.165, 1.54) is 6.07 Å². The van der Waals surface area contributed by atoms with E-state index < -0.39 is 23.5 Å². The van der Waals surface area contributed by atoms with Gasteiger partial charge in [-0.3, -0.25) is 0 Å². The molecule has 0 saturated carbocycles. The maximum atomic E-state index is 13.4. The van der Waals surface area contributed by atoms with E-state index in [-0.39, 0.29) is 18.0 Å². The first kappa shape index (κ1) is 13.3. The predicted molar refractivity (Wildman–Crippen MR) is 54.0 cm³/mol. The zero-order valence-corrected chi connectivity index (χ0v) is 8.95. The summed E-state index contributed by atoms with van der Waals surface area (Å²) in [5, 5.41) is -0.0731. The third kappa shape index (κ3) is 3.09. The van der Waals surface area contributed by atoms with E-state index in [1.807, 2.05) is 0 Å². The summed E-state index contributed by atoms with van der Waals surface area (Å²) in [7, 11) is 0. The second-order valence-corrected chi connectivity index (χ2v) is 3.71. The summed E-state index contributed by atoms with van der Waals surface area (Å²) in [4.78, 5) is 0. The highest BCUT2D eigenvalue weighted by Gasteiger charge is 2.35. The van der Waals surface area contributed by atoms with Gasteiger partial charge in [0.05, 0.1) is 5.56 Å². The first-order chi connectivity index (χ1) is 7.36. The zero-order chi connectivity index (χ0) is 12.3. The summed E-state index contributed by atoms with van der Waals surface area (Å²) in [5.74, 6) is 0. The van der Waals surface area contributed by atoms with Crippen LogP contribution in [0.15, 0.2) is 18.2 Å². The van der Waals surface area contributed by atoms with Crippen molar-refractivity contribution >= 4 is 11.6 Å². The molecule has 1 aromatic carbocycles. The van der Waals surface area contributed by atoms with Crippen LogP contribution in [0.2, 0.25) is 5.02 Å². The minimum absolute atomic E-state index is 0.0128. The molecule has 0 spiro atoms. The van der Waals surface area contributed by atoms with E-state index in [2.05, 4.69) is 0 Å². The van der Waals surface area contributed by atoms with E-state index in [4.69, 9.17) is 17.3 Å². The van der Waals surface area contributed by atoms with Crippen LogP contribution in [0.3, 0.4) is 0 Å². The average Bonchev–Trinajstić information content (AvgIpc) is 2.16. The van der Waals surface area contributed by atoms with Gasteiger partial charge in [-0.2, -0.15) is 13.2 Å². The molecular formula is C10H10ClF4N. The van der Waals surface area contributed by atoms with Gasteiger partial charge < -0.3 is 5.73 Å². The number of alkyl halides is 4. The Labute approximate surface area is 95.2 Å². The van der Waals surface area contributed by atoms with Gasteiger partial charge in [-0.1, -0.05) is 17.7 Å². The summed E-state index contributed by atoms with van der Waals surface area (Å²) in [6.07, 6.45) is -6.48. The molecule has 6 heteroatoms. The lowest BCUT2D eigenvalue weighted by Gasteiger charge is -2.15. The molecule has 0 aliphatic rings. The third-order valence-corrected chi connectivity index (χ3v) is 2.31. The van der Waals surface area contributed by atoms with Crippen molar-refractivity contribution in [2.75, 3.05) is 6.54 Å². The fourth-order valence-electron chi connectivity index (χ4n) is 1.35. The smallest absolute Gasteiger partial charge is 0.330 e. The molecule has 1 rings (SSSR count). The molecule has 90 valence electrons. The molecule has 2 N–H and O–H groups in total. The Morgan fingerprint density at radius 3 is 2.44 bits per heavy atom. The normalized spacial score (nSPS) is 13.9. The molecule has 16 heavy (non-hydrogen) atoms. The Bertz CT molecular complexity index is 364. The maximum absolute atomic E-state index is 13.4. The van der Waals surface area contributed by atoms with Crippen LogP contribution < -0.4 is 5.73 Å². The van der Waals surface area contributed by atoms with E-state index in [1.54, 1.807) is 0 Å². The van der Waals surface area contributed by atoms with Crippen LogP contribution in [0.4, 0.5) is 17.6 Å². The van der Waals surface area contributed by atoms with Crippen LogP contribution in [-0.2, 0) is 6.18 Å². The minimum Gasteiger partial charge on any atom is -0.330 e. The van der Waals surface area contributed by atoms with E-state index >= 15 is 0 Å². The fourth-order valence-corrected chi connectivity index (χ4v) is 1.52. The first-order valence-electron chi connectivity index (χ1n) is 4.57. The van der Waals surface area contributed by atoms with Gasteiger partial charge in [-0.15, -0.1) is 0 Å². The first-order valence-corrected chi connectivity index (χ1v) is 4.95. The lowest BCUT2D eigenvalue weighted by Crippen LogP contribution is -2.12. The van der Waals surface area contributed by atoms with E-state index in [0.717, 1.165) is 12.1 Å². The minimum atomic E-state index is -4.61. The van der Waals surface area contributed by atoms with Gasteiger partial charge in [0.25, 0.3) is 0 Å². The van der Waals surface area contributed by atoms with E-state index in [0.29, 0.717) is 0 Å². The summed E-state index contributed by atoms with van der Waals surface area (Å²) in [6, 6.07) is 3.00. The van der Waals surface area contributed by atoms with Gasteiger partial charge in [-0.05, 0) is 30.7 Å². The van der Waals surface area contributed by atoms with Crippen molar-refractivity contribution < 1.29 is 17.6 Å². The summed E-state index contributed by atoms with van der Waals surface area (Å²) < 4.78 is 51.2. The van der Waals surface area contributed by atoms with Crippen molar-refractivity contribution in [3.8, 4) is 0 Å². The molecular weight excluding hydrogens is 246 g/mol. The number of benzene rings is 1. The highest BCUT2D eigenvalue weighted by molar-refractivity contribution is 6.30. The molecule has 0 aromatic heterocycles. The Morgan fingerprint density at radius 2 is 1.94 bits per heavy atom. The SMILES string of the molecule is NCCC(F)c1ccc(Cl)cc1C(F)(F)F. The molecule has 0 radical (unpaired) electrons. The van der Waals surface area contributed by atoms with Gasteiger partial charge >= 0.3 is 6.18 Å². The number of hydrogen-bond acceptors (Lipinski definition) is 1. The van der Waals surface area contributed by atoms with Gasteiger partial charge in [0.15, 0.2) is 0 Å². The van der Waals surface area contributed by atoms with Crippen molar-refractivity contribution in [1.29, 1.82) is 0 Å². The van der Waals surface area contributed by atoms with Gasteiger partial charge in [0, 0.05) is 5.02 Å². The molecule has 0 saturated heterocycles. The molecule has 0 amide bonds. The molecule has 1 aromatic rings. The van der Waals surface area contributed by atoms with Crippen LogP contribution in [-0.4, -0.2) is 6.54 Å². The maximum Gasteiger partial charge on any atom is 0.416 e. The standard InChI is InChI=1S/C10H10ClF4N/c11-6-1-2-7(9(12)3-4-16)8(5-6)10(13,14)15/h1-2,5,9H,3-4,16H2. The van der Waals surface area contributed by atoms with Crippen molar-refractivity contribution in [2.45, 2.75) is 18.8 Å². The second kappa shape index (κ2) is 5.01. The van der Waals surface area contributed by atoms with Crippen molar-refractivity contribution in [3.05, 3.63) is 34.3 Å². The zero-order valence-electron chi connectivity index (χ0n) is 8.19. The monoisotopic (exact) mass is 255 g/mol. The molecule has 1 atom stereocenters. The molecule has 0 aliphatic carbocycles. The topological polar surface area (TPSA) is 26.0 Å². The molecule has 0 heterocycles. The Balaban J connectivity index is 3.18. The molecule has 0 bridgehead atoms. The third-order valence-electron chi connectivity index (χ3n) is 2.08. The summed E-state index contributed by atoms with van der Waals surface area (Å²) in [5.41, 5.74) is 3.65. The van der Waals surface area contributed by atoms with Crippen molar-refractivity contribution in [3.63, 3.8) is 0 Å². The van der Waals surface area contributed by atoms with Crippen LogP contribution in [0.25, 0.3) is 0 Å². The van der Waals surface area contributed by atoms with Crippen molar-refractivity contribution in [1.82, 2.24) is 0 Å². The lowest BCUT2D eigenvalue weighted by atomic mass is 10.0. The Kier molecular flexibility index (Phi) is 4.15. The summed E-state index contributed by atoms with van der Waals surface area (Å²) in [6.45, 7) is -0.0128. The molecule has 1 nitrogen and oxygen atoms in total. The molecule has 1 unspecified atom stereocenters. The quantitative estimate of drug-likeness (QED) is 0.819. The van der Waals surface area contributed by atoms with E-state index in [9.17, 15) is 17.6 Å². The lowest BCUT2D eigenvalue weighted by molar-refractivity contribution is -0.138. The predicted octanol–water partition coefficient (Wildman–Crippen LogP) is 3.72. The fraction of sp³-hybridized carbons (Fsp3) is 0.400. The number of hydrogen-bond donors (Lipinski definition) is 1. The van der Waals surface area contributed by atoms with Gasteiger partial charge in [0.2, 0.25) is 0 Å². The van der Waals surface area contributed by atoms with Crippen LogP contribution in [0.5, 0.6) is 0 Å². The number of nitrogens with two attached hydrogens (primary N) is 1. The number of halogens is 5.